The smallest absolute Gasteiger partial charge is 0.263 e. The van der Waals surface area contributed by atoms with Crippen LogP contribution in [0.25, 0.3) is 0 Å². The quantitative estimate of drug-likeness (QED) is 0.811. The molecule has 0 saturated carbocycles. The van der Waals surface area contributed by atoms with Gasteiger partial charge in [-0.3, -0.25) is 9.59 Å². The number of rotatable bonds is 7. The fourth-order valence-corrected chi connectivity index (χ4v) is 2.85. The molecule has 1 amide bonds. The summed E-state index contributed by atoms with van der Waals surface area (Å²) in [6.07, 6.45) is 2.34. The van der Waals surface area contributed by atoms with Crippen molar-refractivity contribution in [3.8, 4) is 0 Å². The Kier molecular flexibility index (Phi) is 6.53. The van der Waals surface area contributed by atoms with E-state index in [2.05, 4.69) is 5.32 Å². The van der Waals surface area contributed by atoms with Gasteiger partial charge in [-0.2, -0.15) is 0 Å². The highest BCUT2D eigenvalue weighted by Crippen LogP contribution is 2.07. The Morgan fingerprint density at radius 1 is 1.24 bits per heavy atom. The van der Waals surface area contributed by atoms with Crippen LogP contribution in [0.2, 0.25) is 0 Å². The summed E-state index contributed by atoms with van der Waals surface area (Å²) in [4.78, 5) is 25.1. The highest BCUT2D eigenvalue weighted by molar-refractivity contribution is 5.94. The van der Waals surface area contributed by atoms with Crippen LogP contribution in [0.4, 0.5) is 0 Å². The second-order valence-corrected chi connectivity index (χ2v) is 6.83. The van der Waals surface area contributed by atoms with E-state index in [0.717, 1.165) is 11.1 Å². The topological polar surface area (TPSA) is 71.3 Å². The van der Waals surface area contributed by atoms with E-state index in [0.29, 0.717) is 18.9 Å². The zero-order valence-electron chi connectivity index (χ0n) is 15.0. The molecule has 25 heavy (non-hydrogen) atoms. The average Bonchev–Trinajstić information content (AvgIpc) is 2.55. The Balaban J connectivity index is 2.19. The first-order chi connectivity index (χ1) is 11.9. The van der Waals surface area contributed by atoms with Gasteiger partial charge in [0.2, 0.25) is 0 Å². The summed E-state index contributed by atoms with van der Waals surface area (Å²) in [5.41, 5.74) is 1.90. The normalized spacial score (nSPS) is 12.2. The lowest BCUT2D eigenvalue weighted by Gasteiger charge is -2.18. The largest absolute Gasteiger partial charge is 0.394 e. The number of aliphatic hydroxyl groups is 1. The molecule has 0 fully saturated rings. The molecule has 0 spiro atoms. The molecule has 1 unspecified atom stereocenters. The minimum Gasteiger partial charge on any atom is -0.394 e. The van der Waals surface area contributed by atoms with Gasteiger partial charge in [-0.25, -0.2) is 0 Å². The number of aliphatic hydroxyl groups excluding tert-OH is 1. The van der Waals surface area contributed by atoms with Crippen LogP contribution in [0.15, 0.2) is 47.4 Å². The van der Waals surface area contributed by atoms with Crippen LogP contribution in [-0.4, -0.2) is 28.2 Å². The van der Waals surface area contributed by atoms with E-state index in [1.807, 2.05) is 45.0 Å². The zero-order chi connectivity index (χ0) is 18.4. The van der Waals surface area contributed by atoms with Gasteiger partial charge in [-0.05, 0) is 37.0 Å². The number of aromatic nitrogens is 1. The van der Waals surface area contributed by atoms with Crippen molar-refractivity contribution >= 4 is 5.91 Å². The van der Waals surface area contributed by atoms with Crippen molar-refractivity contribution in [2.24, 2.45) is 5.92 Å². The highest BCUT2D eigenvalue weighted by atomic mass is 16.3. The molecule has 2 N–H and O–H groups in total. The summed E-state index contributed by atoms with van der Waals surface area (Å²) in [7, 11) is 0. The van der Waals surface area contributed by atoms with Crippen molar-refractivity contribution in [3.05, 3.63) is 69.6 Å². The number of carbonyl (C=O) groups excluding carboxylic acids is 1. The number of hydrogen-bond donors (Lipinski definition) is 2. The lowest BCUT2D eigenvalue weighted by molar-refractivity contribution is 0.0906. The molecule has 1 aromatic carbocycles. The Bertz CT molecular complexity index is 781. The van der Waals surface area contributed by atoms with Crippen molar-refractivity contribution in [1.82, 2.24) is 9.88 Å². The van der Waals surface area contributed by atoms with Gasteiger partial charge < -0.3 is 15.0 Å². The number of aryl methyl sites for hydroxylation is 1. The first-order valence-corrected chi connectivity index (χ1v) is 8.57. The third kappa shape index (κ3) is 5.29. The maximum absolute atomic E-state index is 12.6. The molecule has 0 aliphatic heterocycles. The Labute approximate surface area is 148 Å². The lowest BCUT2D eigenvalue weighted by Crippen LogP contribution is -2.41. The number of nitrogens with zero attached hydrogens (tertiary/aromatic N) is 1. The molecular weight excluding hydrogens is 316 g/mol. The number of benzene rings is 1. The average molecular weight is 342 g/mol. The van der Waals surface area contributed by atoms with E-state index in [4.69, 9.17) is 0 Å². The van der Waals surface area contributed by atoms with Crippen LogP contribution in [0.1, 0.15) is 41.8 Å². The molecule has 1 atom stereocenters. The first-order valence-electron chi connectivity index (χ1n) is 8.57. The molecule has 2 rings (SSSR count). The number of amides is 1. The van der Waals surface area contributed by atoms with Gasteiger partial charge >= 0.3 is 0 Å². The third-order valence-electron chi connectivity index (χ3n) is 4.01. The van der Waals surface area contributed by atoms with Crippen LogP contribution in [-0.2, 0) is 6.54 Å². The Morgan fingerprint density at radius 2 is 2.00 bits per heavy atom. The minimum absolute atomic E-state index is 0.0948. The zero-order valence-corrected chi connectivity index (χ0v) is 15.0. The van der Waals surface area contributed by atoms with Gasteiger partial charge in [0.05, 0.1) is 19.2 Å². The number of nitrogens with one attached hydrogen (secondary N) is 1. The van der Waals surface area contributed by atoms with Crippen LogP contribution in [0, 0.1) is 12.8 Å². The van der Waals surface area contributed by atoms with Gasteiger partial charge in [-0.1, -0.05) is 43.7 Å². The minimum atomic E-state index is -0.441. The monoisotopic (exact) mass is 342 g/mol. The predicted octanol–water partition coefficient (Wildman–Crippen LogP) is 2.34. The fourth-order valence-electron chi connectivity index (χ4n) is 2.85. The van der Waals surface area contributed by atoms with Crippen molar-refractivity contribution in [1.29, 1.82) is 0 Å². The van der Waals surface area contributed by atoms with E-state index in [-0.39, 0.29) is 23.8 Å². The number of hydrogen-bond acceptors (Lipinski definition) is 3. The maximum Gasteiger partial charge on any atom is 0.263 e. The Hall–Kier alpha value is -2.40. The van der Waals surface area contributed by atoms with Crippen LogP contribution >= 0.6 is 0 Å². The summed E-state index contributed by atoms with van der Waals surface area (Å²) < 4.78 is 1.53. The highest BCUT2D eigenvalue weighted by Gasteiger charge is 2.17. The lowest BCUT2D eigenvalue weighted by atomic mass is 10.0. The number of carbonyl (C=O) groups is 1. The summed E-state index contributed by atoms with van der Waals surface area (Å²) in [5, 5.41) is 12.2. The standard InChI is InChI=1S/C20H26N2O3/c1-14(2)10-17(13-23)21-19(24)18-8-5-9-22(20(18)25)12-16-7-4-6-15(3)11-16/h4-9,11,14,17,23H,10,12-13H2,1-3H3,(H,21,24). The molecule has 5 nitrogen and oxygen atoms in total. The molecular formula is C20H26N2O3. The maximum atomic E-state index is 12.6. The second kappa shape index (κ2) is 8.62. The van der Waals surface area contributed by atoms with Gasteiger partial charge in [0, 0.05) is 6.20 Å². The van der Waals surface area contributed by atoms with Crippen molar-refractivity contribution < 1.29 is 9.90 Å². The molecule has 0 bridgehead atoms. The van der Waals surface area contributed by atoms with E-state index >= 15 is 0 Å². The van der Waals surface area contributed by atoms with E-state index in [9.17, 15) is 14.7 Å². The van der Waals surface area contributed by atoms with Gasteiger partial charge in [0.25, 0.3) is 11.5 Å². The summed E-state index contributed by atoms with van der Waals surface area (Å²) in [6, 6.07) is 10.8. The first kappa shape index (κ1) is 18.9. The van der Waals surface area contributed by atoms with Gasteiger partial charge in [0.15, 0.2) is 0 Å². The molecule has 1 heterocycles. The molecule has 2 aromatic rings. The second-order valence-electron chi connectivity index (χ2n) is 6.83. The molecule has 0 aliphatic carbocycles. The summed E-state index contributed by atoms with van der Waals surface area (Å²) in [6.45, 7) is 6.31. The SMILES string of the molecule is Cc1cccc(Cn2cccc(C(=O)NC(CO)CC(C)C)c2=O)c1. The fraction of sp³-hybridized carbons (Fsp3) is 0.400. The predicted molar refractivity (Wildman–Crippen MR) is 98.8 cm³/mol. The summed E-state index contributed by atoms with van der Waals surface area (Å²) in [5.74, 6) is -0.102. The molecule has 0 saturated heterocycles. The third-order valence-corrected chi connectivity index (χ3v) is 4.01. The van der Waals surface area contributed by atoms with Crippen molar-refractivity contribution in [2.45, 2.75) is 39.8 Å². The van der Waals surface area contributed by atoms with Crippen LogP contribution in [0.5, 0.6) is 0 Å². The molecule has 0 aliphatic rings. The molecule has 5 heteroatoms. The Morgan fingerprint density at radius 3 is 2.64 bits per heavy atom. The van der Waals surface area contributed by atoms with E-state index in [1.165, 1.54) is 10.6 Å². The van der Waals surface area contributed by atoms with E-state index < -0.39 is 5.91 Å². The van der Waals surface area contributed by atoms with Crippen LogP contribution in [0.3, 0.4) is 0 Å². The number of pyridine rings is 1. The van der Waals surface area contributed by atoms with Crippen molar-refractivity contribution in [3.63, 3.8) is 0 Å². The van der Waals surface area contributed by atoms with Gasteiger partial charge in [-0.15, -0.1) is 0 Å². The molecule has 1 aromatic heterocycles. The van der Waals surface area contributed by atoms with Gasteiger partial charge in [0.1, 0.15) is 5.56 Å². The van der Waals surface area contributed by atoms with Crippen molar-refractivity contribution in [2.75, 3.05) is 6.61 Å². The molecule has 134 valence electrons. The van der Waals surface area contributed by atoms with Crippen LogP contribution < -0.4 is 10.9 Å². The molecule has 0 radical (unpaired) electrons. The summed E-state index contributed by atoms with van der Waals surface area (Å²) >= 11 is 0. The van der Waals surface area contributed by atoms with E-state index in [1.54, 1.807) is 12.3 Å².